The molecule has 1 aromatic rings. The van der Waals surface area contributed by atoms with Crippen LogP contribution in [0.15, 0.2) is 6.07 Å². The van der Waals surface area contributed by atoms with Crippen molar-refractivity contribution in [2.24, 2.45) is 11.3 Å². The Hall–Kier alpha value is -1.10. The topological polar surface area (TPSA) is 74.6 Å². The Morgan fingerprint density at radius 2 is 1.96 bits per heavy atom. The highest BCUT2D eigenvalue weighted by Crippen LogP contribution is 2.54. The third-order valence-corrected chi connectivity index (χ3v) is 7.49. The minimum absolute atomic E-state index is 0.0573. The third kappa shape index (κ3) is 3.83. The van der Waals surface area contributed by atoms with Crippen LogP contribution in [0.3, 0.4) is 0 Å². The van der Waals surface area contributed by atoms with Gasteiger partial charge >= 0.3 is 5.97 Å². The normalized spacial score (nSPS) is 23.2. The highest BCUT2D eigenvalue weighted by atomic mass is 35.5. The summed E-state index contributed by atoms with van der Waals surface area (Å²) in [6.07, 6.45) is 6.88. The van der Waals surface area contributed by atoms with Crippen molar-refractivity contribution in [2.45, 2.75) is 77.2 Å². The van der Waals surface area contributed by atoms with Gasteiger partial charge in [-0.2, -0.15) is 0 Å². The second-order valence-electron chi connectivity index (χ2n) is 8.32. The number of carbonyl (C=O) groups is 2. The first-order valence-electron chi connectivity index (χ1n) is 10.3. The SMILES string of the molecule is CCCCC1(C2CCCC2)Cc2cc(C(O)CCC(=O)O)c(Cl)c(Cl)c2C1=O. The van der Waals surface area contributed by atoms with E-state index in [0.29, 0.717) is 23.5 Å². The number of hydrogen-bond donors (Lipinski definition) is 2. The minimum Gasteiger partial charge on any atom is -0.481 e. The molecule has 0 radical (unpaired) electrons. The second kappa shape index (κ2) is 8.73. The number of Topliss-reactive ketones (excluding diaryl/α,β-unsaturated/α-hetero) is 1. The summed E-state index contributed by atoms with van der Waals surface area (Å²) in [6.45, 7) is 2.13. The van der Waals surface area contributed by atoms with Crippen molar-refractivity contribution in [2.75, 3.05) is 0 Å². The van der Waals surface area contributed by atoms with E-state index in [-0.39, 0.29) is 28.7 Å². The number of aliphatic carboxylic acids is 1. The number of rotatable bonds is 8. The van der Waals surface area contributed by atoms with E-state index in [9.17, 15) is 14.7 Å². The molecule has 28 heavy (non-hydrogen) atoms. The van der Waals surface area contributed by atoms with Crippen molar-refractivity contribution >= 4 is 35.0 Å². The summed E-state index contributed by atoms with van der Waals surface area (Å²) >= 11 is 13.0. The molecule has 2 atom stereocenters. The molecule has 2 N–H and O–H groups in total. The Kier molecular flexibility index (Phi) is 6.73. The lowest BCUT2D eigenvalue weighted by atomic mass is 9.68. The molecule has 154 valence electrons. The Morgan fingerprint density at radius 1 is 1.29 bits per heavy atom. The molecule has 0 aliphatic heterocycles. The predicted molar refractivity (Wildman–Crippen MR) is 110 cm³/mol. The van der Waals surface area contributed by atoms with Crippen LogP contribution in [0.25, 0.3) is 0 Å². The average Bonchev–Trinajstić information content (AvgIpc) is 3.28. The smallest absolute Gasteiger partial charge is 0.303 e. The summed E-state index contributed by atoms with van der Waals surface area (Å²) < 4.78 is 0. The molecule has 1 saturated carbocycles. The van der Waals surface area contributed by atoms with Crippen molar-refractivity contribution in [3.8, 4) is 0 Å². The number of carbonyl (C=O) groups excluding carboxylic acids is 1. The van der Waals surface area contributed by atoms with Gasteiger partial charge in [0.25, 0.3) is 0 Å². The maximum Gasteiger partial charge on any atom is 0.303 e. The van der Waals surface area contributed by atoms with Gasteiger partial charge in [-0.05, 0) is 43.6 Å². The Balaban J connectivity index is 1.99. The first kappa shape index (κ1) is 21.6. The molecule has 1 fully saturated rings. The molecule has 0 bridgehead atoms. The van der Waals surface area contributed by atoms with Crippen LogP contribution in [0.4, 0.5) is 0 Å². The van der Waals surface area contributed by atoms with Crippen LogP contribution in [0.2, 0.25) is 10.0 Å². The zero-order valence-electron chi connectivity index (χ0n) is 16.3. The minimum atomic E-state index is -1.02. The standard InChI is InChI=1S/C22H28Cl2O4/c1-2-3-10-22(14-6-4-5-7-14)12-13-11-15(16(25)8-9-17(26)27)19(23)20(24)18(13)21(22)28/h11,14,16,25H,2-10,12H2,1H3,(H,26,27). The summed E-state index contributed by atoms with van der Waals surface area (Å²) in [7, 11) is 0. The van der Waals surface area contributed by atoms with E-state index in [4.69, 9.17) is 28.3 Å². The Morgan fingerprint density at radius 3 is 2.57 bits per heavy atom. The van der Waals surface area contributed by atoms with E-state index in [1.165, 1.54) is 0 Å². The summed E-state index contributed by atoms with van der Waals surface area (Å²) in [5, 5.41) is 19.7. The van der Waals surface area contributed by atoms with Crippen molar-refractivity contribution in [1.82, 2.24) is 0 Å². The average molecular weight is 427 g/mol. The van der Waals surface area contributed by atoms with Gasteiger partial charge in [-0.3, -0.25) is 9.59 Å². The highest BCUT2D eigenvalue weighted by Gasteiger charge is 2.51. The van der Waals surface area contributed by atoms with Gasteiger partial charge in [-0.1, -0.05) is 61.9 Å². The number of benzene rings is 1. The molecule has 2 unspecified atom stereocenters. The van der Waals surface area contributed by atoms with Gasteiger partial charge in [0.1, 0.15) is 0 Å². The zero-order valence-corrected chi connectivity index (χ0v) is 17.8. The van der Waals surface area contributed by atoms with Crippen LogP contribution in [0, 0.1) is 11.3 Å². The van der Waals surface area contributed by atoms with Crippen LogP contribution >= 0.6 is 23.2 Å². The molecule has 2 aliphatic carbocycles. The first-order chi connectivity index (χ1) is 13.3. The van der Waals surface area contributed by atoms with Crippen molar-refractivity contribution in [1.29, 1.82) is 0 Å². The number of hydrogen-bond acceptors (Lipinski definition) is 3. The maximum absolute atomic E-state index is 13.6. The van der Waals surface area contributed by atoms with Gasteiger partial charge in [-0.25, -0.2) is 0 Å². The predicted octanol–water partition coefficient (Wildman–Crippen LogP) is 6.00. The number of halogens is 2. The van der Waals surface area contributed by atoms with Gasteiger partial charge in [0.05, 0.1) is 16.1 Å². The molecule has 0 amide bonds. The summed E-state index contributed by atoms with van der Waals surface area (Å²) in [5.74, 6) is -0.493. The number of ketones is 1. The van der Waals surface area contributed by atoms with Gasteiger partial charge < -0.3 is 10.2 Å². The lowest BCUT2D eigenvalue weighted by molar-refractivity contribution is -0.137. The fourth-order valence-electron chi connectivity index (χ4n) is 5.12. The number of aliphatic hydroxyl groups is 1. The maximum atomic E-state index is 13.6. The number of carboxylic acid groups (broad SMARTS) is 1. The summed E-state index contributed by atoms with van der Waals surface area (Å²) in [6, 6.07) is 1.79. The van der Waals surface area contributed by atoms with Crippen molar-refractivity contribution in [3.05, 3.63) is 32.8 Å². The molecule has 1 aromatic carbocycles. The van der Waals surface area contributed by atoms with Gasteiger partial charge in [0, 0.05) is 23.0 Å². The summed E-state index contributed by atoms with van der Waals surface area (Å²) in [5.41, 5.74) is 1.39. The lowest BCUT2D eigenvalue weighted by Crippen LogP contribution is -2.35. The van der Waals surface area contributed by atoms with Crippen molar-refractivity contribution in [3.63, 3.8) is 0 Å². The molecular formula is C22H28Cl2O4. The van der Waals surface area contributed by atoms with Crippen LogP contribution < -0.4 is 0 Å². The van der Waals surface area contributed by atoms with Crippen LogP contribution in [0.1, 0.15) is 92.3 Å². The zero-order chi connectivity index (χ0) is 20.5. The molecule has 3 rings (SSSR count). The fraction of sp³-hybridized carbons (Fsp3) is 0.636. The monoisotopic (exact) mass is 426 g/mol. The summed E-state index contributed by atoms with van der Waals surface area (Å²) in [4.78, 5) is 24.4. The van der Waals surface area contributed by atoms with Gasteiger partial charge in [-0.15, -0.1) is 0 Å². The number of unbranched alkanes of at least 4 members (excludes halogenated alkanes) is 1. The molecule has 4 nitrogen and oxygen atoms in total. The Bertz CT molecular complexity index is 770. The van der Waals surface area contributed by atoms with E-state index in [1.54, 1.807) is 6.07 Å². The van der Waals surface area contributed by atoms with Crippen LogP contribution in [0.5, 0.6) is 0 Å². The highest BCUT2D eigenvalue weighted by molar-refractivity contribution is 6.45. The molecular weight excluding hydrogens is 399 g/mol. The van der Waals surface area contributed by atoms with E-state index in [2.05, 4.69) is 6.92 Å². The molecule has 0 heterocycles. The molecule has 6 heteroatoms. The number of carboxylic acids is 1. The molecule has 0 aromatic heterocycles. The van der Waals surface area contributed by atoms with Crippen molar-refractivity contribution < 1.29 is 19.8 Å². The van der Waals surface area contributed by atoms with Crippen LogP contribution in [-0.2, 0) is 11.2 Å². The largest absolute Gasteiger partial charge is 0.481 e. The number of aliphatic hydroxyl groups excluding tert-OH is 1. The second-order valence-corrected chi connectivity index (χ2v) is 9.08. The van der Waals surface area contributed by atoms with Crippen LogP contribution in [-0.4, -0.2) is 22.0 Å². The van der Waals surface area contributed by atoms with E-state index in [0.717, 1.165) is 50.5 Å². The molecule has 0 spiro atoms. The van der Waals surface area contributed by atoms with Gasteiger partial charge in [0.2, 0.25) is 0 Å². The molecule has 0 saturated heterocycles. The van der Waals surface area contributed by atoms with E-state index < -0.39 is 17.5 Å². The van der Waals surface area contributed by atoms with E-state index in [1.807, 2.05) is 0 Å². The quantitative estimate of drug-likeness (QED) is 0.534. The van der Waals surface area contributed by atoms with Gasteiger partial charge in [0.15, 0.2) is 5.78 Å². The number of fused-ring (bicyclic) bond motifs is 1. The van der Waals surface area contributed by atoms with E-state index >= 15 is 0 Å². The Labute approximate surface area is 176 Å². The lowest BCUT2D eigenvalue weighted by Gasteiger charge is -2.34. The molecule has 2 aliphatic rings. The fourth-order valence-corrected chi connectivity index (χ4v) is 5.71. The third-order valence-electron chi connectivity index (χ3n) is 6.61. The first-order valence-corrected chi connectivity index (χ1v) is 11.0.